The number of nitrogens with zero attached hydrogens (tertiary/aromatic N) is 3. The van der Waals surface area contributed by atoms with E-state index in [0.29, 0.717) is 24.3 Å². The summed E-state index contributed by atoms with van der Waals surface area (Å²) in [5.41, 5.74) is 4.36. The van der Waals surface area contributed by atoms with Crippen LogP contribution >= 0.6 is 0 Å². The highest BCUT2D eigenvalue weighted by Gasteiger charge is 2.25. The summed E-state index contributed by atoms with van der Waals surface area (Å²) >= 11 is 0. The lowest BCUT2D eigenvalue weighted by atomic mass is 9.91. The van der Waals surface area contributed by atoms with Gasteiger partial charge in [-0.25, -0.2) is 9.78 Å². The number of hydrogen-bond donors (Lipinski definition) is 0. The summed E-state index contributed by atoms with van der Waals surface area (Å²) in [7, 11) is 1.36. The molecular weight excluding hydrogens is 474 g/mol. The Hall–Kier alpha value is -4.06. The van der Waals surface area contributed by atoms with E-state index in [-0.39, 0.29) is 11.3 Å². The van der Waals surface area contributed by atoms with E-state index in [2.05, 4.69) is 16.0 Å². The molecule has 0 spiro atoms. The average Bonchev–Trinajstić information content (AvgIpc) is 2.91. The Balaban J connectivity index is 0.00000195. The molecule has 0 atom stereocenters. The molecule has 0 aliphatic heterocycles. The molecule has 0 unspecified atom stereocenters. The highest BCUT2D eigenvalue weighted by Crippen LogP contribution is 2.30. The molecule has 4 aromatic rings. The van der Waals surface area contributed by atoms with Crippen LogP contribution in [0.15, 0.2) is 73.1 Å². The number of ether oxygens (including phenoxy) is 1. The number of esters is 1. The van der Waals surface area contributed by atoms with Crippen molar-refractivity contribution in [3.8, 4) is 11.1 Å². The topological polar surface area (TPSA) is 72.4 Å². The van der Waals surface area contributed by atoms with Gasteiger partial charge in [0.1, 0.15) is 5.82 Å². The van der Waals surface area contributed by atoms with Gasteiger partial charge in [0.2, 0.25) is 5.91 Å². The number of carbonyl (C=O) groups excluding carboxylic acids is 2. The van der Waals surface area contributed by atoms with Crippen LogP contribution in [0.3, 0.4) is 0 Å². The van der Waals surface area contributed by atoms with E-state index >= 15 is 0 Å². The van der Waals surface area contributed by atoms with Crippen LogP contribution in [0.2, 0.25) is 0 Å². The fourth-order valence-corrected chi connectivity index (χ4v) is 4.08. The maximum atomic E-state index is 13.6. The van der Waals surface area contributed by atoms with E-state index in [1.165, 1.54) is 7.11 Å². The van der Waals surface area contributed by atoms with E-state index in [4.69, 9.17) is 4.74 Å². The molecule has 0 radical (unpaired) electrons. The number of aryl methyl sites for hydroxylation is 1. The zero-order valence-electron chi connectivity index (χ0n) is 23.4. The van der Waals surface area contributed by atoms with E-state index in [0.717, 1.165) is 33.2 Å². The van der Waals surface area contributed by atoms with Crippen LogP contribution in [-0.4, -0.2) is 29.0 Å². The molecule has 4 rings (SSSR count). The summed E-state index contributed by atoms with van der Waals surface area (Å²) in [6.07, 6.45) is 3.91. The van der Waals surface area contributed by atoms with Gasteiger partial charge in [-0.05, 0) is 59.2 Å². The Bertz CT molecular complexity index is 1390. The van der Waals surface area contributed by atoms with Gasteiger partial charge < -0.3 is 4.74 Å². The van der Waals surface area contributed by atoms with Crippen molar-refractivity contribution in [1.29, 1.82) is 0 Å². The molecule has 0 fully saturated rings. The maximum Gasteiger partial charge on any atom is 0.337 e. The second-order valence-corrected chi connectivity index (χ2v) is 10.2. The number of amides is 1. The molecule has 0 saturated carbocycles. The summed E-state index contributed by atoms with van der Waals surface area (Å²) in [6, 6.07) is 19.4. The van der Waals surface area contributed by atoms with E-state index < -0.39 is 5.97 Å². The van der Waals surface area contributed by atoms with Crippen molar-refractivity contribution in [2.75, 3.05) is 12.0 Å². The Morgan fingerprint density at radius 2 is 1.58 bits per heavy atom. The van der Waals surface area contributed by atoms with Gasteiger partial charge in [-0.15, -0.1) is 0 Å². The standard InChI is InChI=1S/C30H31N3O3.C2H6/c1-20-6-9-25(18-32-20)22-10-7-21(8-11-22)19-33(27(34)17-30(2,3)4)28-26-13-12-24(29(35)36-5)16-23(26)14-15-31-28;1-2/h6-16,18H,17,19H2,1-5H3;1-2H3. The fraction of sp³-hybridized carbons (Fsp3) is 0.312. The molecule has 198 valence electrons. The smallest absolute Gasteiger partial charge is 0.337 e. The summed E-state index contributed by atoms with van der Waals surface area (Å²) in [4.78, 5) is 36.3. The zero-order valence-corrected chi connectivity index (χ0v) is 23.4. The van der Waals surface area contributed by atoms with Crippen molar-refractivity contribution in [2.24, 2.45) is 5.41 Å². The highest BCUT2D eigenvalue weighted by atomic mass is 16.5. The minimum absolute atomic E-state index is 0.00800. The van der Waals surface area contributed by atoms with Gasteiger partial charge in [0.25, 0.3) is 0 Å². The van der Waals surface area contributed by atoms with Crippen LogP contribution in [0.5, 0.6) is 0 Å². The number of rotatable bonds is 6. The molecule has 1 amide bonds. The molecule has 0 bridgehead atoms. The number of carbonyl (C=O) groups is 2. The van der Waals surface area contributed by atoms with Gasteiger partial charge in [0, 0.05) is 35.5 Å². The lowest BCUT2D eigenvalue weighted by Gasteiger charge is -2.27. The van der Waals surface area contributed by atoms with Crippen LogP contribution in [0.4, 0.5) is 5.82 Å². The van der Waals surface area contributed by atoms with Crippen LogP contribution in [0.25, 0.3) is 21.9 Å². The van der Waals surface area contributed by atoms with Gasteiger partial charge >= 0.3 is 5.97 Å². The monoisotopic (exact) mass is 511 g/mol. The number of pyridine rings is 2. The number of aromatic nitrogens is 2. The largest absolute Gasteiger partial charge is 0.465 e. The first-order valence-corrected chi connectivity index (χ1v) is 12.9. The van der Waals surface area contributed by atoms with Gasteiger partial charge in [0.15, 0.2) is 0 Å². The molecule has 6 nitrogen and oxygen atoms in total. The van der Waals surface area contributed by atoms with Crippen molar-refractivity contribution < 1.29 is 14.3 Å². The average molecular weight is 512 g/mol. The Labute approximate surface area is 225 Å². The molecule has 0 aliphatic carbocycles. The second kappa shape index (κ2) is 12.5. The third kappa shape index (κ3) is 7.03. The van der Waals surface area contributed by atoms with E-state index in [1.54, 1.807) is 23.2 Å². The van der Waals surface area contributed by atoms with Crippen LogP contribution < -0.4 is 4.90 Å². The molecular formula is C32H37N3O3. The van der Waals surface area contributed by atoms with Crippen molar-refractivity contribution in [2.45, 2.75) is 54.5 Å². The first-order valence-electron chi connectivity index (χ1n) is 12.9. The van der Waals surface area contributed by atoms with Crippen molar-refractivity contribution >= 4 is 28.5 Å². The van der Waals surface area contributed by atoms with Crippen LogP contribution in [0, 0.1) is 12.3 Å². The molecule has 38 heavy (non-hydrogen) atoms. The summed E-state index contributed by atoms with van der Waals surface area (Å²) < 4.78 is 4.86. The number of fused-ring (bicyclic) bond motifs is 1. The van der Waals surface area contributed by atoms with Gasteiger partial charge in [-0.2, -0.15) is 0 Å². The van der Waals surface area contributed by atoms with Gasteiger partial charge in [0.05, 0.1) is 19.2 Å². The Kier molecular flexibility index (Phi) is 9.35. The van der Waals surface area contributed by atoms with Crippen molar-refractivity contribution in [3.05, 3.63) is 89.9 Å². The minimum Gasteiger partial charge on any atom is -0.465 e. The summed E-state index contributed by atoms with van der Waals surface area (Å²) in [6.45, 7) is 12.5. The number of hydrogen-bond acceptors (Lipinski definition) is 5. The first-order chi connectivity index (χ1) is 18.1. The number of anilines is 1. The maximum absolute atomic E-state index is 13.6. The predicted molar refractivity (Wildman–Crippen MR) is 154 cm³/mol. The molecule has 2 heterocycles. The van der Waals surface area contributed by atoms with Gasteiger partial charge in [-0.1, -0.05) is 65.0 Å². The summed E-state index contributed by atoms with van der Waals surface area (Å²) in [5.74, 6) is 0.163. The SMILES string of the molecule is CC.COC(=O)c1ccc2c(N(Cc3ccc(-c4ccc(C)nc4)cc3)C(=O)CC(C)(C)C)nccc2c1. The van der Waals surface area contributed by atoms with E-state index in [9.17, 15) is 9.59 Å². The Morgan fingerprint density at radius 3 is 2.18 bits per heavy atom. The first kappa shape index (κ1) is 28.5. The molecule has 0 N–H and O–H groups in total. The van der Waals surface area contributed by atoms with Crippen molar-refractivity contribution in [1.82, 2.24) is 9.97 Å². The molecule has 2 aromatic carbocycles. The van der Waals surface area contributed by atoms with Crippen molar-refractivity contribution in [3.63, 3.8) is 0 Å². The third-order valence-electron chi connectivity index (χ3n) is 5.94. The zero-order chi connectivity index (χ0) is 27.9. The lowest BCUT2D eigenvalue weighted by Crippen LogP contribution is -2.34. The predicted octanol–water partition coefficient (Wildman–Crippen LogP) is 7.39. The van der Waals surface area contributed by atoms with E-state index in [1.807, 2.05) is 90.2 Å². The third-order valence-corrected chi connectivity index (χ3v) is 5.94. The lowest BCUT2D eigenvalue weighted by molar-refractivity contribution is -0.120. The molecule has 0 saturated heterocycles. The van der Waals surface area contributed by atoms with Crippen LogP contribution in [-0.2, 0) is 16.1 Å². The highest BCUT2D eigenvalue weighted by molar-refractivity contribution is 6.04. The molecule has 0 aliphatic rings. The summed E-state index contributed by atoms with van der Waals surface area (Å²) in [5, 5.41) is 1.62. The fourth-order valence-electron chi connectivity index (χ4n) is 4.08. The van der Waals surface area contributed by atoms with Crippen LogP contribution in [0.1, 0.15) is 62.7 Å². The normalized spacial score (nSPS) is 10.9. The number of benzene rings is 2. The quantitative estimate of drug-likeness (QED) is 0.252. The second-order valence-electron chi connectivity index (χ2n) is 10.2. The molecule has 2 aromatic heterocycles. The minimum atomic E-state index is -0.403. The number of methoxy groups -OCH3 is 1. The molecule has 6 heteroatoms. The Morgan fingerprint density at radius 1 is 0.895 bits per heavy atom. The van der Waals surface area contributed by atoms with Gasteiger partial charge in [-0.3, -0.25) is 14.7 Å².